The van der Waals surface area contributed by atoms with Crippen LogP contribution in [-0.2, 0) is 22.0 Å². The molecule has 176 valence electrons. The largest absolute Gasteiger partial charge is 0.475 e. The van der Waals surface area contributed by atoms with Crippen molar-refractivity contribution in [3.8, 4) is 23.3 Å². The number of rotatable bonds is 6. The van der Waals surface area contributed by atoms with Crippen LogP contribution in [0.2, 0.25) is 5.02 Å². The molecule has 0 aliphatic carbocycles. The molecule has 12 heteroatoms. The Morgan fingerprint density at radius 2 is 1.97 bits per heavy atom. The maximum atomic E-state index is 13.0. The van der Waals surface area contributed by atoms with E-state index in [9.17, 15) is 13.7 Å². The molecule has 0 bridgehead atoms. The lowest BCUT2D eigenvalue weighted by Crippen LogP contribution is -2.22. The molecule has 5 rings (SSSR count). The van der Waals surface area contributed by atoms with Crippen LogP contribution >= 0.6 is 11.6 Å². The van der Waals surface area contributed by atoms with Crippen LogP contribution < -0.4 is 4.74 Å². The zero-order chi connectivity index (χ0) is 24.4. The van der Waals surface area contributed by atoms with Crippen LogP contribution in [0.4, 0.5) is 0 Å². The number of pyridine rings is 1. The maximum absolute atomic E-state index is 13.0. The number of hydrogen-bond acceptors (Lipinski definition) is 9. The predicted molar refractivity (Wildman–Crippen MR) is 126 cm³/mol. The summed E-state index contributed by atoms with van der Waals surface area (Å²) >= 11 is 5.80. The van der Waals surface area contributed by atoms with Gasteiger partial charge in [0, 0.05) is 25.0 Å². The van der Waals surface area contributed by atoms with Crippen LogP contribution in [0.5, 0.6) is 5.88 Å². The second-order valence-electron chi connectivity index (χ2n) is 7.89. The molecular formula is C23H18ClN7O3S. The average Bonchev–Trinajstić information content (AvgIpc) is 3.18. The van der Waals surface area contributed by atoms with Gasteiger partial charge in [0.2, 0.25) is 5.88 Å². The number of sulfone groups is 1. The molecule has 0 saturated heterocycles. The van der Waals surface area contributed by atoms with E-state index in [0.29, 0.717) is 33.7 Å². The lowest BCUT2D eigenvalue weighted by atomic mass is 10.0. The molecule has 0 spiro atoms. The first-order chi connectivity index (χ1) is 16.9. The smallest absolute Gasteiger partial charge is 0.224 e. The quantitative estimate of drug-likeness (QED) is 0.385. The van der Waals surface area contributed by atoms with Gasteiger partial charge in [0.25, 0.3) is 0 Å². The molecule has 1 aromatic carbocycles. The first-order valence-corrected chi connectivity index (χ1v) is 12.8. The van der Waals surface area contributed by atoms with Gasteiger partial charge in [-0.1, -0.05) is 23.7 Å². The molecule has 1 aliphatic heterocycles. The number of fused-ring (bicyclic) bond motifs is 3. The highest BCUT2D eigenvalue weighted by Gasteiger charge is 2.31. The minimum absolute atomic E-state index is 0.143. The first kappa shape index (κ1) is 22.9. The Balaban J connectivity index is 1.51. The highest BCUT2D eigenvalue weighted by Crippen LogP contribution is 2.36. The fourth-order valence-electron chi connectivity index (χ4n) is 3.89. The van der Waals surface area contributed by atoms with Crippen LogP contribution in [0.3, 0.4) is 0 Å². The van der Waals surface area contributed by atoms with E-state index >= 15 is 0 Å². The number of halogens is 1. The van der Waals surface area contributed by atoms with E-state index < -0.39 is 15.9 Å². The van der Waals surface area contributed by atoms with Crippen molar-refractivity contribution in [2.45, 2.75) is 18.2 Å². The summed E-state index contributed by atoms with van der Waals surface area (Å²) in [5.74, 6) is 0.985. The van der Waals surface area contributed by atoms with Crippen molar-refractivity contribution in [1.82, 2.24) is 29.7 Å². The van der Waals surface area contributed by atoms with Crippen molar-refractivity contribution in [2.24, 2.45) is 0 Å². The Morgan fingerprint density at radius 3 is 2.77 bits per heavy atom. The molecule has 0 amide bonds. The summed E-state index contributed by atoms with van der Waals surface area (Å²) < 4.78 is 33.8. The van der Waals surface area contributed by atoms with Gasteiger partial charge in [-0.2, -0.15) is 5.26 Å². The van der Waals surface area contributed by atoms with Gasteiger partial charge < -0.3 is 4.74 Å². The molecular weight excluding hydrogens is 490 g/mol. The number of hydrogen-bond donors (Lipinski definition) is 0. The predicted octanol–water partition coefficient (Wildman–Crippen LogP) is 2.79. The van der Waals surface area contributed by atoms with Crippen molar-refractivity contribution < 1.29 is 13.2 Å². The fourth-order valence-corrected chi connectivity index (χ4v) is 5.21. The van der Waals surface area contributed by atoms with Crippen LogP contribution in [0.15, 0.2) is 55.0 Å². The molecule has 0 saturated carbocycles. The highest BCUT2D eigenvalue weighted by molar-refractivity contribution is 7.90. The second-order valence-corrected chi connectivity index (χ2v) is 10.5. The third kappa shape index (κ3) is 4.84. The zero-order valence-electron chi connectivity index (χ0n) is 18.2. The number of ether oxygens (including phenoxy) is 1. The number of benzene rings is 1. The normalized spacial score (nSPS) is 14.8. The van der Waals surface area contributed by atoms with E-state index in [1.54, 1.807) is 41.1 Å². The molecule has 0 unspecified atom stereocenters. The van der Waals surface area contributed by atoms with Gasteiger partial charge >= 0.3 is 0 Å². The van der Waals surface area contributed by atoms with Gasteiger partial charge in [-0.3, -0.25) is 4.57 Å². The Hall–Kier alpha value is -3.88. The molecule has 3 aromatic heterocycles. The van der Waals surface area contributed by atoms with E-state index in [-0.39, 0.29) is 30.4 Å². The molecule has 4 heterocycles. The van der Waals surface area contributed by atoms with E-state index in [4.69, 9.17) is 16.3 Å². The molecule has 35 heavy (non-hydrogen) atoms. The summed E-state index contributed by atoms with van der Waals surface area (Å²) in [6.45, 7) is 0.162. The van der Waals surface area contributed by atoms with Crippen molar-refractivity contribution in [3.05, 3.63) is 82.8 Å². The lowest BCUT2D eigenvalue weighted by Gasteiger charge is -2.20. The zero-order valence-corrected chi connectivity index (χ0v) is 19.8. The Kier molecular flexibility index (Phi) is 6.15. The molecule has 10 nitrogen and oxygen atoms in total. The summed E-state index contributed by atoms with van der Waals surface area (Å²) in [6.07, 6.45) is 4.62. The van der Waals surface area contributed by atoms with Crippen molar-refractivity contribution in [3.63, 3.8) is 0 Å². The topological polar surface area (TPSA) is 137 Å². The second kappa shape index (κ2) is 9.40. The van der Waals surface area contributed by atoms with E-state index in [2.05, 4.69) is 31.2 Å². The molecule has 0 radical (unpaired) electrons. The molecule has 1 aliphatic rings. The van der Waals surface area contributed by atoms with Crippen LogP contribution in [0.1, 0.15) is 28.8 Å². The van der Waals surface area contributed by atoms with Gasteiger partial charge in [0.1, 0.15) is 24.0 Å². The van der Waals surface area contributed by atoms with Crippen LogP contribution in [-0.4, -0.2) is 50.5 Å². The SMILES string of the molecule is N#Cc1cccc([C@H]2COc3ncccc3-c3nnc(CS(=O)(=O)CCc4ncc(Cl)cn4)n32)c1. The minimum Gasteiger partial charge on any atom is -0.475 e. The highest BCUT2D eigenvalue weighted by atomic mass is 35.5. The van der Waals surface area contributed by atoms with E-state index in [1.165, 1.54) is 12.4 Å². The molecule has 0 fully saturated rings. The third-order valence-electron chi connectivity index (χ3n) is 5.53. The standard InChI is InChI=1S/C23H18ClN7O3S/c24-17-11-27-20(28-12-17)6-8-35(32,33)14-21-29-30-22-18-5-2-7-26-23(18)34-13-19(31(21)22)16-4-1-3-15(9-16)10-25/h1-5,7,9,11-12,19H,6,8,13-14H2/t19-/m1/s1. The van der Waals surface area contributed by atoms with E-state index in [0.717, 1.165) is 5.56 Å². The van der Waals surface area contributed by atoms with Gasteiger partial charge in [0.05, 0.1) is 34.0 Å². The minimum atomic E-state index is -3.60. The summed E-state index contributed by atoms with van der Waals surface area (Å²) in [4.78, 5) is 12.4. The van der Waals surface area contributed by atoms with Crippen molar-refractivity contribution >= 4 is 21.4 Å². The number of aryl methyl sites for hydroxylation is 1. The molecule has 0 N–H and O–H groups in total. The van der Waals surface area contributed by atoms with E-state index in [1.807, 2.05) is 6.07 Å². The van der Waals surface area contributed by atoms with Crippen molar-refractivity contribution in [2.75, 3.05) is 12.4 Å². The summed E-state index contributed by atoms with van der Waals surface area (Å²) in [5, 5.41) is 18.3. The van der Waals surface area contributed by atoms with Crippen LogP contribution in [0.25, 0.3) is 11.4 Å². The molecule has 1 atom stereocenters. The average molecular weight is 508 g/mol. The molecule has 4 aromatic rings. The number of nitriles is 1. The maximum Gasteiger partial charge on any atom is 0.224 e. The fraction of sp³-hybridized carbons (Fsp3) is 0.217. The number of aromatic nitrogens is 6. The van der Waals surface area contributed by atoms with Gasteiger partial charge in [-0.25, -0.2) is 23.4 Å². The Bertz CT molecular complexity index is 1530. The third-order valence-corrected chi connectivity index (χ3v) is 7.25. The summed E-state index contributed by atoms with van der Waals surface area (Å²) in [6, 6.07) is 12.3. The van der Waals surface area contributed by atoms with Crippen LogP contribution in [0, 0.1) is 11.3 Å². The first-order valence-electron chi connectivity index (χ1n) is 10.6. The summed E-state index contributed by atoms with van der Waals surface area (Å²) in [7, 11) is -3.60. The van der Waals surface area contributed by atoms with Gasteiger partial charge in [-0.15, -0.1) is 10.2 Å². The Morgan fingerprint density at radius 1 is 1.14 bits per heavy atom. The van der Waals surface area contributed by atoms with Gasteiger partial charge in [0.15, 0.2) is 15.7 Å². The van der Waals surface area contributed by atoms with Gasteiger partial charge in [-0.05, 0) is 29.8 Å². The lowest BCUT2D eigenvalue weighted by molar-refractivity contribution is 0.269. The Labute approximate surface area is 206 Å². The monoisotopic (exact) mass is 507 g/mol. The number of nitrogens with zero attached hydrogens (tertiary/aromatic N) is 7. The van der Waals surface area contributed by atoms with Crippen molar-refractivity contribution in [1.29, 1.82) is 5.26 Å². The summed E-state index contributed by atoms with van der Waals surface area (Å²) in [5.41, 5.74) is 1.86.